The topological polar surface area (TPSA) is 48.0 Å². The summed E-state index contributed by atoms with van der Waals surface area (Å²) in [4.78, 5) is 14.3. The Kier molecular flexibility index (Phi) is 4.23. The molecule has 0 aromatic heterocycles. The maximum atomic E-state index is 12.5. The molecule has 1 aromatic rings. The number of carbonyl (C=O) groups is 1. The van der Waals surface area contributed by atoms with Gasteiger partial charge in [0.25, 0.3) is 0 Å². The average molecular weight is 385 g/mol. The number of benzene rings is 1. The van der Waals surface area contributed by atoms with Crippen LogP contribution in [0.25, 0.3) is 0 Å². The van der Waals surface area contributed by atoms with E-state index in [2.05, 4.69) is 52.0 Å². The molecule has 0 spiro atoms. The van der Waals surface area contributed by atoms with Crippen molar-refractivity contribution in [3.8, 4) is 0 Å². The van der Waals surface area contributed by atoms with Gasteiger partial charge in [0.05, 0.1) is 11.2 Å². The van der Waals surface area contributed by atoms with Gasteiger partial charge in [0, 0.05) is 18.5 Å². The number of likely N-dealkylation sites (tertiary alicyclic amines) is 1. The van der Waals surface area contributed by atoms with Gasteiger partial charge in [0.15, 0.2) is 0 Å². The molecule has 152 valence electrons. The summed E-state index contributed by atoms with van der Waals surface area (Å²) < 4.78 is 18.0. The van der Waals surface area contributed by atoms with Gasteiger partial charge in [-0.05, 0) is 71.8 Å². The van der Waals surface area contributed by atoms with E-state index in [9.17, 15) is 4.79 Å². The van der Waals surface area contributed by atoms with E-state index >= 15 is 0 Å². The van der Waals surface area contributed by atoms with Gasteiger partial charge in [-0.2, -0.15) is 0 Å². The van der Waals surface area contributed by atoms with Crippen LogP contribution >= 0.6 is 0 Å². The number of amides is 1. The Bertz CT molecular complexity index is 784. The third-order valence-corrected chi connectivity index (χ3v) is 6.78. The molecule has 3 aliphatic rings. The van der Waals surface area contributed by atoms with Crippen LogP contribution in [0.1, 0.15) is 60.5 Å². The molecule has 2 saturated heterocycles. The summed E-state index contributed by atoms with van der Waals surface area (Å²) >= 11 is 0. The van der Waals surface area contributed by atoms with Crippen LogP contribution in [-0.4, -0.2) is 48.0 Å². The molecule has 3 fully saturated rings. The SMILES string of the molecule is CC(C)(C)OC(=O)N1C[C@@H]2C[C@]2(c2cccc(B3OC(C)(C)C(C)(C)O3)c2)C1. The first-order valence-corrected chi connectivity index (χ1v) is 10.3. The molecule has 0 bridgehead atoms. The van der Waals surface area contributed by atoms with E-state index < -0.39 is 5.60 Å². The fourth-order valence-corrected chi connectivity index (χ4v) is 4.37. The summed E-state index contributed by atoms with van der Waals surface area (Å²) in [6.07, 6.45) is 0.917. The molecule has 0 N–H and O–H groups in total. The van der Waals surface area contributed by atoms with Gasteiger partial charge in [-0.3, -0.25) is 0 Å². The Morgan fingerprint density at radius 2 is 1.82 bits per heavy atom. The fraction of sp³-hybridized carbons (Fsp3) is 0.682. The second kappa shape index (κ2) is 5.99. The molecular formula is C22H32BNO4. The Morgan fingerprint density at radius 3 is 2.43 bits per heavy atom. The van der Waals surface area contributed by atoms with E-state index in [0.717, 1.165) is 25.0 Å². The molecule has 2 atom stereocenters. The minimum atomic E-state index is -0.465. The molecule has 4 rings (SSSR count). The highest BCUT2D eigenvalue weighted by Gasteiger charge is 2.62. The van der Waals surface area contributed by atoms with E-state index in [1.54, 1.807) is 0 Å². The van der Waals surface area contributed by atoms with Crippen LogP contribution in [0.2, 0.25) is 0 Å². The van der Waals surface area contributed by atoms with E-state index in [1.165, 1.54) is 5.56 Å². The van der Waals surface area contributed by atoms with E-state index in [4.69, 9.17) is 14.0 Å². The van der Waals surface area contributed by atoms with Crippen LogP contribution in [0, 0.1) is 5.92 Å². The van der Waals surface area contributed by atoms with Crippen molar-refractivity contribution in [2.24, 2.45) is 5.92 Å². The molecule has 0 unspecified atom stereocenters. The number of carbonyl (C=O) groups excluding carboxylic acids is 1. The quantitative estimate of drug-likeness (QED) is 0.732. The van der Waals surface area contributed by atoms with Crippen LogP contribution in [0.5, 0.6) is 0 Å². The maximum Gasteiger partial charge on any atom is 0.494 e. The number of hydrogen-bond donors (Lipinski definition) is 0. The van der Waals surface area contributed by atoms with E-state index in [0.29, 0.717) is 5.92 Å². The van der Waals surface area contributed by atoms with Crippen molar-refractivity contribution in [1.29, 1.82) is 0 Å². The Morgan fingerprint density at radius 1 is 1.18 bits per heavy atom. The third-order valence-electron chi connectivity index (χ3n) is 6.78. The summed E-state index contributed by atoms with van der Waals surface area (Å²) in [5, 5.41) is 0. The molecule has 1 amide bonds. The zero-order valence-electron chi connectivity index (χ0n) is 18.2. The minimum Gasteiger partial charge on any atom is -0.444 e. The normalized spacial score (nSPS) is 30.3. The van der Waals surface area contributed by atoms with Crippen molar-refractivity contribution in [3.05, 3.63) is 29.8 Å². The number of hydrogen-bond acceptors (Lipinski definition) is 4. The van der Waals surface area contributed by atoms with Crippen LogP contribution in [-0.2, 0) is 19.5 Å². The maximum absolute atomic E-state index is 12.5. The highest BCUT2D eigenvalue weighted by Crippen LogP contribution is 2.59. The lowest BCUT2D eigenvalue weighted by Crippen LogP contribution is -2.41. The molecule has 1 saturated carbocycles. The van der Waals surface area contributed by atoms with Crippen molar-refractivity contribution >= 4 is 18.7 Å². The van der Waals surface area contributed by atoms with Crippen molar-refractivity contribution in [3.63, 3.8) is 0 Å². The standard InChI is InChI=1S/C22H32BNO4/c1-19(2,3)26-18(25)24-13-16-12-22(16,14-24)15-9-8-10-17(11-15)23-27-20(4,5)21(6,7)28-23/h8-11,16H,12-14H2,1-7H3/t16-,22+/m0/s1. The zero-order chi connectivity index (χ0) is 20.5. The molecule has 6 heteroatoms. The summed E-state index contributed by atoms with van der Waals surface area (Å²) in [6.45, 7) is 15.5. The van der Waals surface area contributed by atoms with E-state index in [-0.39, 0.29) is 29.8 Å². The Balaban J connectivity index is 1.51. The largest absolute Gasteiger partial charge is 0.494 e. The second-order valence-electron chi connectivity index (χ2n) is 10.6. The van der Waals surface area contributed by atoms with Gasteiger partial charge in [0.2, 0.25) is 0 Å². The first-order chi connectivity index (χ1) is 12.8. The van der Waals surface area contributed by atoms with Gasteiger partial charge < -0.3 is 18.9 Å². The first-order valence-electron chi connectivity index (χ1n) is 10.3. The highest BCUT2D eigenvalue weighted by atomic mass is 16.7. The number of fused-ring (bicyclic) bond motifs is 1. The van der Waals surface area contributed by atoms with Gasteiger partial charge >= 0.3 is 13.2 Å². The number of nitrogens with zero attached hydrogens (tertiary/aromatic N) is 1. The lowest BCUT2D eigenvalue weighted by Gasteiger charge is -2.32. The van der Waals surface area contributed by atoms with E-state index in [1.807, 2.05) is 25.7 Å². The monoisotopic (exact) mass is 385 g/mol. The number of ether oxygens (including phenoxy) is 1. The van der Waals surface area contributed by atoms with Crippen molar-refractivity contribution < 1.29 is 18.8 Å². The van der Waals surface area contributed by atoms with Gasteiger partial charge in [-0.25, -0.2) is 4.79 Å². The summed E-state index contributed by atoms with van der Waals surface area (Å²) in [5.41, 5.74) is 1.20. The average Bonchev–Trinajstić information content (AvgIpc) is 3.04. The molecule has 0 radical (unpaired) electrons. The third kappa shape index (κ3) is 3.24. The lowest BCUT2D eigenvalue weighted by molar-refractivity contribution is 0.00578. The predicted octanol–water partition coefficient (Wildman–Crippen LogP) is 3.49. The van der Waals surface area contributed by atoms with Crippen LogP contribution in [0.4, 0.5) is 4.79 Å². The Hall–Kier alpha value is -1.53. The summed E-state index contributed by atoms with van der Waals surface area (Å²) in [6, 6.07) is 8.53. The van der Waals surface area contributed by atoms with Crippen LogP contribution in [0.3, 0.4) is 0 Å². The molecule has 28 heavy (non-hydrogen) atoms. The van der Waals surface area contributed by atoms with Crippen molar-refractivity contribution in [2.75, 3.05) is 13.1 Å². The number of rotatable bonds is 2. The molecule has 1 aliphatic carbocycles. The first kappa shape index (κ1) is 19.8. The smallest absolute Gasteiger partial charge is 0.444 e. The fourth-order valence-electron chi connectivity index (χ4n) is 4.37. The predicted molar refractivity (Wildman–Crippen MR) is 110 cm³/mol. The zero-order valence-corrected chi connectivity index (χ0v) is 18.2. The summed E-state index contributed by atoms with van der Waals surface area (Å²) in [5.74, 6) is 0.508. The van der Waals surface area contributed by atoms with Crippen LogP contribution in [0.15, 0.2) is 24.3 Å². The van der Waals surface area contributed by atoms with Crippen molar-refractivity contribution in [2.45, 2.75) is 77.1 Å². The Labute approximate surface area is 168 Å². The summed E-state index contributed by atoms with van der Waals surface area (Å²) in [7, 11) is -0.359. The molecule has 2 heterocycles. The highest BCUT2D eigenvalue weighted by molar-refractivity contribution is 6.62. The van der Waals surface area contributed by atoms with Gasteiger partial charge in [-0.1, -0.05) is 24.3 Å². The lowest BCUT2D eigenvalue weighted by atomic mass is 9.77. The molecule has 2 aliphatic heterocycles. The van der Waals surface area contributed by atoms with Crippen LogP contribution < -0.4 is 5.46 Å². The van der Waals surface area contributed by atoms with Crippen molar-refractivity contribution in [1.82, 2.24) is 4.90 Å². The molecule has 1 aromatic carbocycles. The second-order valence-corrected chi connectivity index (χ2v) is 10.6. The molecular weight excluding hydrogens is 353 g/mol. The number of piperidine rings is 1. The van der Waals surface area contributed by atoms with Gasteiger partial charge in [0.1, 0.15) is 5.60 Å². The molecule has 5 nitrogen and oxygen atoms in total. The minimum absolute atomic E-state index is 0.0521. The van der Waals surface area contributed by atoms with Gasteiger partial charge in [-0.15, -0.1) is 0 Å².